The first-order chi connectivity index (χ1) is 8.90. The van der Waals surface area contributed by atoms with Crippen LogP contribution in [0.4, 0.5) is 0 Å². The number of carbonyl (C=O) groups is 2. The van der Waals surface area contributed by atoms with Gasteiger partial charge in [-0.1, -0.05) is 6.07 Å². The number of phenolic OH excluding ortho intramolecular Hbond substituents is 2. The third-order valence-electron chi connectivity index (χ3n) is 2.57. The molecule has 104 valence electrons. The van der Waals surface area contributed by atoms with Crippen LogP contribution in [0.2, 0.25) is 0 Å². The van der Waals surface area contributed by atoms with Gasteiger partial charge in [0.1, 0.15) is 6.04 Å². The van der Waals surface area contributed by atoms with Gasteiger partial charge in [0, 0.05) is 13.5 Å². The molecule has 4 N–H and O–H groups in total. The molecule has 0 fully saturated rings. The fourth-order valence-corrected chi connectivity index (χ4v) is 1.58. The SMILES string of the molecule is CC(=O)N[C@@H](C)C(=O)NCCc1ccc(O)c(O)c1. The molecule has 19 heavy (non-hydrogen) atoms. The second-order valence-corrected chi connectivity index (χ2v) is 4.29. The smallest absolute Gasteiger partial charge is 0.242 e. The average Bonchev–Trinajstić information content (AvgIpc) is 2.32. The van der Waals surface area contributed by atoms with E-state index in [2.05, 4.69) is 10.6 Å². The van der Waals surface area contributed by atoms with Gasteiger partial charge in [-0.05, 0) is 31.0 Å². The lowest BCUT2D eigenvalue weighted by atomic mass is 10.1. The maximum Gasteiger partial charge on any atom is 0.242 e. The summed E-state index contributed by atoms with van der Waals surface area (Å²) in [6.07, 6.45) is 0.520. The molecule has 0 saturated carbocycles. The van der Waals surface area contributed by atoms with Crippen LogP contribution >= 0.6 is 0 Å². The molecule has 1 aromatic carbocycles. The largest absolute Gasteiger partial charge is 0.504 e. The highest BCUT2D eigenvalue weighted by molar-refractivity contribution is 5.86. The van der Waals surface area contributed by atoms with Gasteiger partial charge in [0.05, 0.1) is 0 Å². The van der Waals surface area contributed by atoms with E-state index in [1.165, 1.54) is 19.1 Å². The van der Waals surface area contributed by atoms with Crippen LogP contribution in [0.15, 0.2) is 18.2 Å². The van der Waals surface area contributed by atoms with Crippen LogP contribution in [0, 0.1) is 0 Å². The molecule has 6 heteroatoms. The quantitative estimate of drug-likeness (QED) is 0.575. The highest BCUT2D eigenvalue weighted by Crippen LogP contribution is 2.24. The highest BCUT2D eigenvalue weighted by atomic mass is 16.3. The molecule has 0 radical (unpaired) electrons. The van der Waals surface area contributed by atoms with Crippen molar-refractivity contribution < 1.29 is 19.8 Å². The van der Waals surface area contributed by atoms with Gasteiger partial charge >= 0.3 is 0 Å². The third-order valence-corrected chi connectivity index (χ3v) is 2.57. The number of benzene rings is 1. The molecular formula is C13H18N2O4. The number of hydrogen-bond acceptors (Lipinski definition) is 4. The van der Waals surface area contributed by atoms with Crippen LogP contribution in [-0.4, -0.2) is 34.6 Å². The van der Waals surface area contributed by atoms with Crippen LogP contribution in [0.25, 0.3) is 0 Å². The molecule has 0 aliphatic rings. The Kier molecular flexibility index (Phi) is 5.17. The van der Waals surface area contributed by atoms with Crippen molar-refractivity contribution in [1.82, 2.24) is 10.6 Å². The Morgan fingerprint density at radius 1 is 1.26 bits per heavy atom. The highest BCUT2D eigenvalue weighted by Gasteiger charge is 2.12. The Balaban J connectivity index is 2.39. The Bertz CT molecular complexity index is 474. The van der Waals surface area contributed by atoms with Crippen LogP contribution in [-0.2, 0) is 16.0 Å². The lowest BCUT2D eigenvalue weighted by Gasteiger charge is -2.12. The van der Waals surface area contributed by atoms with Crippen molar-refractivity contribution in [1.29, 1.82) is 0 Å². The zero-order valence-electron chi connectivity index (χ0n) is 10.9. The number of carbonyl (C=O) groups excluding carboxylic acids is 2. The Hall–Kier alpha value is -2.24. The second kappa shape index (κ2) is 6.63. The molecule has 6 nitrogen and oxygen atoms in total. The molecule has 1 atom stereocenters. The van der Waals surface area contributed by atoms with Gasteiger partial charge in [-0.25, -0.2) is 0 Å². The van der Waals surface area contributed by atoms with Crippen molar-refractivity contribution in [2.75, 3.05) is 6.54 Å². The van der Waals surface area contributed by atoms with E-state index >= 15 is 0 Å². The van der Waals surface area contributed by atoms with Crippen molar-refractivity contribution in [2.24, 2.45) is 0 Å². The van der Waals surface area contributed by atoms with Crippen molar-refractivity contribution in [3.05, 3.63) is 23.8 Å². The number of nitrogens with one attached hydrogen (secondary N) is 2. The summed E-state index contributed by atoms with van der Waals surface area (Å²) in [7, 11) is 0. The number of phenols is 2. The molecular weight excluding hydrogens is 248 g/mol. The molecule has 0 bridgehead atoms. The predicted octanol–water partition coefficient (Wildman–Crippen LogP) is 0.281. The van der Waals surface area contributed by atoms with Crippen molar-refractivity contribution in [3.63, 3.8) is 0 Å². The minimum absolute atomic E-state index is 0.174. The minimum Gasteiger partial charge on any atom is -0.504 e. The summed E-state index contributed by atoms with van der Waals surface area (Å²) < 4.78 is 0. The minimum atomic E-state index is -0.578. The maximum absolute atomic E-state index is 11.6. The Morgan fingerprint density at radius 3 is 2.53 bits per heavy atom. The van der Waals surface area contributed by atoms with Gasteiger partial charge in [-0.2, -0.15) is 0 Å². The first-order valence-electron chi connectivity index (χ1n) is 5.96. The van der Waals surface area contributed by atoms with E-state index in [0.29, 0.717) is 13.0 Å². The van der Waals surface area contributed by atoms with Crippen molar-refractivity contribution in [2.45, 2.75) is 26.3 Å². The van der Waals surface area contributed by atoms with Gasteiger partial charge in [0.15, 0.2) is 11.5 Å². The standard InChI is InChI=1S/C13H18N2O4/c1-8(15-9(2)16)13(19)14-6-5-10-3-4-11(17)12(18)7-10/h3-4,7-8,17-18H,5-6H2,1-2H3,(H,14,19)(H,15,16)/t8-/m0/s1. The molecule has 0 unspecified atom stereocenters. The molecule has 0 aliphatic carbocycles. The van der Waals surface area contributed by atoms with Gasteiger partial charge in [-0.3, -0.25) is 9.59 Å². The van der Waals surface area contributed by atoms with E-state index < -0.39 is 6.04 Å². The summed E-state index contributed by atoms with van der Waals surface area (Å²) >= 11 is 0. The molecule has 0 saturated heterocycles. The molecule has 0 aromatic heterocycles. The summed E-state index contributed by atoms with van der Waals surface area (Å²) in [5.41, 5.74) is 0.794. The van der Waals surface area contributed by atoms with E-state index in [1.807, 2.05) is 0 Å². The van der Waals surface area contributed by atoms with Crippen LogP contribution in [0.5, 0.6) is 11.5 Å². The van der Waals surface area contributed by atoms with Crippen LogP contribution < -0.4 is 10.6 Å². The molecule has 0 aliphatic heterocycles. The third kappa shape index (κ3) is 4.87. The summed E-state index contributed by atoms with van der Waals surface area (Å²) in [5, 5.41) is 23.6. The van der Waals surface area contributed by atoms with E-state index in [0.717, 1.165) is 5.56 Å². The first-order valence-corrected chi connectivity index (χ1v) is 5.96. The fourth-order valence-electron chi connectivity index (χ4n) is 1.58. The maximum atomic E-state index is 11.6. The number of rotatable bonds is 5. The average molecular weight is 266 g/mol. The second-order valence-electron chi connectivity index (χ2n) is 4.29. The fraction of sp³-hybridized carbons (Fsp3) is 0.385. The van der Waals surface area contributed by atoms with Crippen molar-refractivity contribution in [3.8, 4) is 11.5 Å². The summed E-state index contributed by atoms with van der Waals surface area (Å²) in [6, 6.07) is 3.93. The number of hydrogen-bond donors (Lipinski definition) is 4. The molecule has 1 rings (SSSR count). The van der Waals surface area contributed by atoms with E-state index in [1.54, 1.807) is 13.0 Å². The molecule has 1 aromatic rings. The van der Waals surface area contributed by atoms with Gasteiger partial charge in [-0.15, -0.1) is 0 Å². The summed E-state index contributed by atoms with van der Waals surface area (Å²) in [6.45, 7) is 3.33. The number of aromatic hydroxyl groups is 2. The zero-order chi connectivity index (χ0) is 14.4. The monoisotopic (exact) mass is 266 g/mol. The van der Waals surface area contributed by atoms with Gasteiger partial charge in [0.2, 0.25) is 11.8 Å². The normalized spacial score (nSPS) is 11.7. The topological polar surface area (TPSA) is 98.7 Å². The van der Waals surface area contributed by atoms with Crippen LogP contribution in [0.3, 0.4) is 0 Å². The van der Waals surface area contributed by atoms with E-state index in [-0.39, 0.29) is 23.3 Å². The van der Waals surface area contributed by atoms with Crippen LogP contribution in [0.1, 0.15) is 19.4 Å². The molecule has 2 amide bonds. The lowest BCUT2D eigenvalue weighted by Crippen LogP contribution is -2.44. The first kappa shape index (κ1) is 14.8. The predicted molar refractivity (Wildman–Crippen MR) is 69.8 cm³/mol. The van der Waals surface area contributed by atoms with Gasteiger partial charge < -0.3 is 20.8 Å². The van der Waals surface area contributed by atoms with E-state index in [9.17, 15) is 14.7 Å². The molecule has 0 spiro atoms. The Labute approximate surface area is 111 Å². The van der Waals surface area contributed by atoms with E-state index in [4.69, 9.17) is 5.11 Å². The zero-order valence-corrected chi connectivity index (χ0v) is 10.9. The summed E-state index contributed by atoms with van der Waals surface area (Å²) in [4.78, 5) is 22.4. The Morgan fingerprint density at radius 2 is 1.95 bits per heavy atom. The molecule has 0 heterocycles. The summed E-state index contributed by atoms with van der Waals surface area (Å²) in [5.74, 6) is -0.883. The number of amides is 2. The van der Waals surface area contributed by atoms with Gasteiger partial charge in [0.25, 0.3) is 0 Å². The van der Waals surface area contributed by atoms with Crippen molar-refractivity contribution >= 4 is 11.8 Å². The lowest BCUT2D eigenvalue weighted by molar-refractivity contribution is -0.127.